The summed E-state index contributed by atoms with van der Waals surface area (Å²) in [4.78, 5) is 17.8. The first-order chi connectivity index (χ1) is 9.06. The SMILES string of the molecule is CC(=O)N1c2ccc(-c3csc(N)n3)cc2CC1C. The van der Waals surface area contributed by atoms with Crippen molar-refractivity contribution in [2.24, 2.45) is 0 Å². The molecule has 1 atom stereocenters. The van der Waals surface area contributed by atoms with Crippen LogP contribution in [0.15, 0.2) is 23.6 Å². The summed E-state index contributed by atoms with van der Waals surface area (Å²) in [5.74, 6) is 0.0944. The molecule has 1 unspecified atom stereocenters. The quantitative estimate of drug-likeness (QED) is 0.869. The third kappa shape index (κ3) is 2.00. The molecule has 0 spiro atoms. The highest BCUT2D eigenvalue weighted by atomic mass is 32.1. The third-order valence-corrected chi connectivity index (χ3v) is 4.13. The Bertz CT molecular complexity index is 650. The molecule has 3 rings (SSSR count). The molecule has 5 heteroatoms. The fourth-order valence-electron chi connectivity index (χ4n) is 2.69. The highest BCUT2D eigenvalue weighted by Gasteiger charge is 2.28. The summed E-state index contributed by atoms with van der Waals surface area (Å²) in [5.41, 5.74) is 9.85. The molecule has 2 heterocycles. The van der Waals surface area contributed by atoms with E-state index in [1.165, 1.54) is 16.9 Å². The maximum Gasteiger partial charge on any atom is 0.224 e. The van der Waals surface area contributed by atoms with Crippen molar-refractivity contribution in [3.8, 4) is 11.3 Å². The van der Waals surface area contributed by atoms with Crippen LogP contribution in [-0.4, -0.2) is 16.9 Å². The molecule has 2 aromatic rings. The van der Waals surface area contributed by atoms with Crippen LogP contribution < -0.4 is 10.6 Å². The van der Waals surface area contributed by atoms with Crippen molar-refractivity contribution < 1.29 is 4.79 Å². The number of nitrogen functional groups attached to an aromatic ring is 1. The summed E-state index contributed by atoms with van der Waals surface area (Å²) in [7, 11) is 0. The molecule has 2 N–H and O–H groups in total. The van der Waals surface area contributed by atoms with E-state index in [1.54, 1.807) is 6.92 Å². The zero-order chi connectivity index (χ0) is 13.6. The first-order valence-electron chi connectivity index (χ1n) is 6.20. The fourth-order valence-corrected chi connectivity index (χ4v) is 3.26. The minimum atomic E-state index is 0.0944. The van der Waals surface area contributed by atoms with Gasteiger partial charge in [0.1, 0.15) is 0 Å². The Morgan fingerprint density at radius 3 is 2.95 bits per heavy atom. The normalized spacial score (nSPS) is 17.6. The third-order valence-electron chi connectivity index (χ3n) is 3.45. The van der Waals surface area contributed by atoms with Gasteiger partial charge in [-0.05, 0) is 31.0 Å². The summed E-state index contributed by atoms with van der Waals surface area (Å²) in [6.45, 7) is 3.68. The molecule has 1 amide bonds. The number of nitrogens with zero attached hydrogens (tertiary/aromatic N) is 2. The van der Waals surface area contributed by atoms with Gasteiger partial charge in [0.05, 0.1) is 5.69 Å². The Hall–Kier alpha value is -1.88. The summed E-state index contributed by atoms with van der Waals surface area (Å²) in [6, 6.07) is 6.35. The van der Waals surface area contributed by atoms with E-state index in [9.17, 15) is 4.79 Å². The number of amides is 1. The first-order valence-corrected chi connectivity index (χ1v) is 7.08. The van der Waals surface area contributed by atoms with E-state index in [4.69, 9.17) is 5.73 Å². The van der Waals surface area contributed by atoms with Gasteiger partial charge >= 0.3 is 0 Å². The standard InChI is InChI=1S/C14H15N3OS/c1-8-5-11-6-10(12-7-19-14(15)16-12)3-4-13(11)17(8)9(2)18/h3-4,6-8H,5H2,1-2H3,(H2,15,16). The van der Waals surface area contributed by atoms with Gasteiger partial charge in [-0.25, -0.2) is 4.98 Å². The average molecular weight is 273 g/mol. The molecule has 1 aliphatic heterocycles. The smallest absolute Gasteiger partial charge is 0.224 e. The Labute approximate surface area is 115 Å². The molecule has 0 bridgehead atoms. The summed E-state index contributed by atoms with van der Waals surface area (Å²) < 4.78 is 0. The summed E-state index contributed by atoms with van der Waals surface area (Å²) in [6.07, 6.45) is 0.891. The van der Waals surface area contributed by atoms with Crippen LogP contribution in [0.25, 0.3) is 11.3 Å². The van der Waals surface area contributed by atoms with Gasteiger partial charge in [-0.1, -0.05) is 6.07 Å². The van der Waals surface area contributed by atoms with Crippen LogP contribution in [0.1, 0.15) is 19.4 Å². The maximum absolute atomic E-state index is 11.7. The molecule has 0 saturated heterocycles. The largest absolute Gasteiger partial charge is 0.375 e. The Morgan fingerprint density at radius 1 is 1.53 bits per heavy atom. The van der Waals surface area contributed by atoms with Gasteiger partial charge in [-0.3, -0.25) is 4.79 Å². The van der Waals surface area contributed by atoms with Crippen molar-refractivity contribution in [1.29, 1.82) is 0 Å². The number of benzene rings is 1. The van der Waals surface area contributed by atoms with E-state index in [-0.39, 0.29) is 11.9 Å². The lowest BCUT2D eigenvalue weighted by Crippen LogP contribution is -2.33. The van der Waals surface area contributed by atoms with Gasteiger partial charge in [0, 0.05) is 29.6 Å². The number of hydrogen-bond acceptors (Lipinski definition) is 4. The van der Waals surface area contributed by atoms with Gasteiger partial charge in [-0.15, -0.1) is 11.3 Å². The molecule has 98 valence electrons. The van der Waals surface area contributed by atoms with E-state index in [2.05, 4.69) is 18.0 Å². The Kier molecular flexibility index (Phi) is 2.78. The number of fused-ring (bicyclic) bond motifs is 1. The van der Waals surface area contributed by atoms with E-state index in [0.29, 0.717) is 5.13 Å². The second-order valence-electron chi connectivity index (χ2n) is 4.86. The highest BCUT2D eigenvalue weighted by Crippen LogP contribution is 2.35. The summed E-state index contributed by atoms with van der Waals surface area (Å²) >= 11 is 1.44. The number of carbonyl (C=O) groups is 1. The van der Waals surface area contributed by atoms with Crippen molar-refractivity contribution in [1.82, 2.24) is 4.98 Å². The number of carbonyl (C=O) groups excluding carboxylic acids is 1. The molecule has 19 heavy (non-hydrogen) atoms. The van der Waals surface area contributed by atoms with Gasteiger partial charge < -0.3 is 10.6 Å². The lowest BCUT2D eigenvalue weighted by atomic mass is 10.1. The van der Waals surface area contributed by atoms with E-state index < -0.39 is 0 Å². The number of nitrogens with two attached hydrogens (primary N) is 1. The van der Waals surface area contributed by atoms with Crippen molar-refractivity contribution in [3.63, 3.8) is 0 Å². The number of thiazole rings is 1. The lowest BCUT2D eigenvalue weighted by molar-refractivity contribution is -0.116. The van der Waals surface area contributed by atoms with Crippen LogP contribution in [0.3, 0.4) is 0 Å². The Balaban J connectivity index is 2.03. The van der Waals surface area contributed by atoms with Crippen LogP contribution >= 0.6 is 11.3 Å². The molecule has 0 aliphatic carbocycles. The number of aromatic nitrogens is 1. The lowest BCUT2D eigenvalue weighted by Gasteiger charge is -2.20. The number of anilines is 2. The Morgan fingerprint density at radius 2 is 2.32 bits per heavy atom. The van der Waals surface area contributed by atoms with E-state index >= 15 is 0 Å². The van der Waals surface area contributed by atoms with Gasteiger partial charge in [0.15, 0.2) is 5.13 Å². The molecule has 4 nitrogen and oxygen atoms in total. The number of rotatable bonds is 1. The van der Waals surface area contributed by atoms with Gasteiger partial charge in [0.25, 0.3) is 0 Å². The monoisotopic (exact) mass is 273 g/mol. The minimum absolute atomic E-state index is 0.0944. The van der Waals surface area contributed by atoms with Gasteiger partial charge in [-0.2, -0.15) is 0 Å². The van der Waals surface area contributed by atoms with E-state index in [0.717, 1.165) is 23.4 Å². The number of hydrogen-bond donors (Lipinski definition) is 1. The fraction of sp³-hybridized carbons (Fsp3) is 0.286. The highest BCUT2D eigenvalue weighted by molar-refractivity contribution is 7.13. The predicted molar refractivity (Wildman–Crippen MR) is 78.3 cm³/mol. The summed E-state index contributed by atoms with van der Waals surface area (Å²) in [5, 5.41) is 2.53. The molecule has 1 aliphatic rings. The molecular formula is C14H15N3OS. The molecule has 1 aromatic carbocycles. The van der Waals surface area contributed by atoms with Gasteiger partial charge in [0.2, 0.25) is 5.91 Å². The van der Waals surface area contributed by atoms with Crippen LogP contribution in [-0.2, 0) is 11.2 Å². The van der Waals surface area contributed by atoms with Crippen LogP contribution in [0, 0.1) is 0 Å². The molecular weight excluding hydrogens is 258 g/mol. The second kappa shape index (κ2) is 4.35. The molecule has 0 fully saturated rings. The molecule has 1 aromatic heterocycles. The predicted octanol–water partition coefficient (Wildman–Crippen LogP) is 2.69. The zero-order valence-corrected chi connectivity index (χ0v) is 11.7. The van der Waals surface area contributed by atoms with Crippen molar-refractivity contribution in [2.75, 3.05) is 10.6 Å². The van der Waals surface area contributed by atoms with Crippen LogP contribution in [0.2, 0.25) is 0 Å². The maximum atomic E-state index is 11.7. The van der Waals surface area contributed by atoms with E-state index in [1.807, 2.05) is 22.4 Å². The van der Waals surface area contributed by atoms with Crippen molar-refractivity contribution >= 4 is 28.1 Å². The topological polar surface area (TPSA) is 59.2 Å². The minimum Gasteiger partial charge on any atom is -0.375 e. The zero-order valence-electron chi connectivity index (χ0n) is 10.9. The van der Waals surface area contributed by atoms with Crippen molar-refractivity contribution in [3.05, 3.63) is 29.1 Å². The van der Waals surface area contributed by atoms with Crippen LogP contribution in [0.4, 0.5) is 10.8 Å². The molecule has 0 saturated carbocycles. The average Bonchev–Trinajstić information content (AvgIpc) is 2.90. The first kappa shape index (κ1) is 12.2. The van der Waals surface area contributed by atoms with Crippen LogP contribution in [0.5, 0.6) is 0 Å². The van der Waals surface area contributed by atoms with Crippen molar-refractivity contribution in [2.45, 2.75) is 26.3 Å². The molecule has 0 radical (unpaired) electrons. The second-order valence-corrected chi connectivity index (χ2v) is 5.75.